The Balaban J connectivity index is 1.70. The normalized spacial score (nSPS) is 14.5. The first-order valence-electron chi connectivity index (χ1n) is 9.99. The van der Waals surface area contributed by atoms with Crippen molar-refractivity contribution in [2.24, 2.45) is 0 Å². The van der Waals surface area contributed by atoms with E-state index in [9.17, 15) is 4.79 Å². The predicted octanol–water partition coefficient (Wildman–Crippen LogP) is 3.95. The number of anilines is 1. The second kappa shape index (κ2) is 9.82. The molecule has 2 heterocycles. The van der Waals surface area contributed by atoms with Crippen molar-refractivity contribution in [3.63, 3.8) is 0 Å². The van der Waals surface area contributed by atoms with Crippen LogP contribution in [0.2, 0.25) is 5.02 Å². The molecule has 1 aromatic heterocycles. The van der Waals surface area contributed by atoms with Gasteiger partial charge in [-0.05, 0) is 36.4 Å². The molecule has 3 aromatic rings. The van der Waals surface area contributed by atoms with Crippen LogP contribution >= 0.6 is 22.9 Å². The van der Waals surface area contributed by atoms with E-state index in [2.05, 4.69) is 4.90 Å². The van der Waals surface area contributed by atoms with Gasteiger partial charge in [-0.25, -0.2) is 4.98 Å². The molecule has 0 N–H and O–H groups in total. The molecule has 1 aliphatic rings. The van der Waals surface area contributed by atoms with Gasteiger partial charge in [-0.1, -0.05) is 22.9 Å². The zero-order valence-electron chi connectivity index (χ0n) is 17.5. The summed E-state index contributed by atoms with van der Waals surface area (Å²) in [4.78, 5) is 22.2. The lowest BCUT2D eigenvalue weighted by atomic mass is 10.2. The van der Waals surface area contributed by atoms with Crippen LogP contribution in [0.5, 0.6) is 11.5 Å². The molecule has 0 spiro atoms. The van der Waals surface area contributed by atoms with E-state index in [4.69, 9.17) is 30.8 Å². The topological polar surface area (TPSA) is 64.1 Å². The molecular formula is C22H24ClN3O4S. The summed E-state index contributed by atoms with van der Waals surface area (Å²) < 4.78 is 17.3. The second-order valence-corrected chi connectivity index (χ2v) is 8.48. The number of hydrogen-bond donors (Lipinski definition) is 0. The monoisotopic (exact) mass is 461 g/mol. The quantitative estimate of drug-likeness (QED) is 0.531. The van der Waals surface area contributed by atoms with Gasteiger partial charge in [-0.2, -0.15) is 0 Å². The van der Waals surface area contributed by atoms with Gasteiger partial charge in [0.25, 0.3) is 5.91 Å². The van der Waals surface area contributed by atoms with Gasteiger partial charge in [0.2, 0.25) is 0 Å². The van der Waals surface area contributed by atoms with Crippen molar-refractivity contribution in [1.82, 2.24) is 9.88 Å². The van der Waals surface area contributed by atoms with Crippen molar-refractivity contribution in [2.45, 2.75) is 0 Å². The SMILES string of the molecule is COc1ccc(OC)c2sc(N(CCN3CCOCC3)C(=O)c3ccc(Cl)cc3)nc12. The van der Waals surface area contributed by atoms with Crippen molar-refractivity contribution >= 4 is 44.2 Å². The Hall–Kier alpha value is -2.39. The highest BCUT2D eigenvalue weighted by Gasteiger charge is 2.24. The lowest BCUT2D eigenvalue weighted by Gasteiger charge is -2.29. The Morgan fingerprint density at radius 1 is 1.13 bits per heavy atom. The smallest absolute Gasteiger partial charge is 0.260 e. The summed E-state index contributed by atoms with van der Waals surface area (Å²) in [6, 6.07) is 10.6. The van der Waals surface area contributed by atoms with E-state index in [-0.39, 0.29) is 5.91 Å². The molecule has 2 aromatic carbocycles. The molecule has 4 rings (SSSR count). The van der Waals surface area contributed by atoms with E-state index in [1.807, 2.05) is 12.1 Å². The van der Waals surface area contributed by atoms with E-state index in [0.29, 0.717) is 52.5 Å². The fourth-order valence-electron chi connectivity index (χ4n) is 3.49. The van der Waals surface area contributed by atoms with E-state index in [1.165, 1.54) is 11.3 Å². The molecule has 1 fully saturated rings. The number of thiazole rings is 1. The summed E-state index contributed by atoms with van der Waals surface area (Å²) in [6.07, 6.45) is 0. The van der Waals surface area contributed by atoms with E-state index < -0.39 is 0 Å². The van der Waals surface area contributed by atoms with Crippen LogP contribution in [0, 0.1) is 0 Å². The summed E-state index contributed by atoms with van der Waals surface area (Å²) in [7, 11) is 3.23. The van der Waals surface area contributed by atoms with Gasteiger partial charge in [0.05, 0.1) is 27.4 Å². The minimum absolute atomic E-state index is 0.123. The van der Waals surface area contributed by atoms with Crippen LogP contribution in [-0.4, -0.2) is 69.4 Å². The van der Waals surface area contributed by atoms with Crippen LogP contribution in [0.15, 0.2) is 36.4 Å². The number of methoxy groups -OCH3 is 2. The lowest BCUT2D eigenvalue weighted by Crippen LogP contribution is -2.43. The average Bonchev–Trinajstić information content (AvgIpc) is 3.24. The van der Waals surface area contributed by atoms with Crippen molar-refractivity contribution in [2.75, 3.05) is 58.5 Å². The van der Waals surface area contributed by atoms with Gasteiger partial charge in [0.15, 0.2) is 5.13 Å². The molecule has 31 heavy (non-hydrogen) atoms. The van der Waals surface area contributed by atoms with Gasteiger partial charge in [-0.15, -0.1) is 0 Å². The van der Waals surface area contributed by atoms with Crippen molar-refractivity contribution in [3.05, 3.63) is 47.0 Å². The largest absolute Gasteiger partial charge is 0.495 e. The molecule has 1 amide bonds. The maximum Gasteiger partial charge on any atom is 0.260 e. The van der Waals surface area contributed by atoms with Crippen molar-refractivity contribution in [3.8, 4) is 11.5 Å². The lowest BCUT2D eigenvalue weighted by molar-refractivity contribution is 0.0391. The molecule has 0 atom stereocenters. The van der Waals surface area contributed by atoms with E-state index in [1.54, 1.807) is 43.4 Å². The number of nitrogens with zero attached hydrogens (tertiary/aromatic N) is 3. The molecule has 0 bridgehead atoms. The molecule has 7 nitrogen and oxygen atoms in total. The van der Waals surface area contributed by atoms with Crippen molar-refractivity contribution in [1.29, 1.82) is 0 Å². The summed E-state index contributed by atoms with van der Waals surface area (Å²) in [5, 5.41) is 1.19. The first kappa shape index (κ1) is 21.8. The molecule has 0 unspecified atom stereocenters. The molecular weight excluding hydrogens is 438 g/mol. The van der Waals surface area contributed by atoms with Crippen LogP contribution in [0.1, 0.15) is 10.4 Å². The molecule has 164 valence electrons. The van der Waals surface area contributed by atoms with Gasteiger partial charge in [0.1, 0.15) is 21.7 Å². The zero-order chi connectivity index (χ0) is 21.8. The maximum atomic E-state index is 13.5. The fourth-order valence-corrected chi connectivity index (χ4v) is 4.71. The fraction of sp³-hybridized carbons (Fsp3) is 0.364. The summed E-state index contributed by atoms with van der Waals surface area (Å²) in [5.74, 6) is 1.22. The molecule has 1 aliphatic heterocycles. The third kappa shape index (κ3) is 4.77. The first-order valence-corrected chi connectivity index (χ1v) is 11.2. The van der Waals surface area contributed by atoms with Gasteiger partial charge in [-0.3, -0.25) is 14.6 Å². The summed E-state index contributed by atoms with van der Waals surface area (Å²) in [6.45, 7) is 4.36. The molecule has 0 aliphatic carbocycles. The first-order chi connectivity index (χ1) is 15.1. The number of rotatable bonds is 7. The number of fused-ring (bicyclic) bond motifs is 1. The van der Waals surface area contributed by atoms with E-state index >= 15 is 0 Å². The molecule has 9 heteroatoms. The Kier molecular flexibility index (Phi) is 6.92. The highest BCUT2D eigenvalue weighted by molar-refractivity contribution is 7.22. The van der Waals surface area contributed by atoms with Gasteiger partial charge >= 0.3 is 0 Å². The predicted molar refractivity (Wildman–Crippen MR) is 123 cm³/mol. The van der Waals surface area contributed by atoms with Crippen molar-refractivity contribution < 1.29 is 19.0 Å². The standard InChI is InChI=1S/C22H24ClN3O4S/c1-28-17-7-8-18(29-2)20-19(17)24-22(31-20)26(10-9-25-11-13-30-14-12-25)21(27)15-3-5-16(23)6-4-15/h3-8H,9-14H2,1-2H3. The number of amides is 1. The minimum Gasteiger partial charge on any atom is -0.495 e. The second-order valence-electron chi connectivity index (χ2n) is 7.06. The Morgan fingerprint density at radius 3 is 2.48 bits per heavy atom. The Bertz CT molecular complexity index is 1010. The van der Waals surface area contributed by atoms with Crippen LogP contribution in [0.3, 0.4) is 0 Å². The number of aromatic nitrogens is 1. The number of benzene rings is 2. The summed E-state index contributed by atoms with van der Waals surface area (Å²) in [5.41, 5.74) is 1.24. The minimum atomic E-state index is -0.123. The zero-order valence-corrected chi connectivity index (χ0v) is 19.0. The van der Waals surface area contributed by atoms with Crippen LogP contribution in [-0.2, 0) is 4.74 Å². The molecule has 0 saturated carbocycles. The number of carbonyl (C=O) groups excluding carboxylic acids is 1. The van der Waals surface area contributed by atoms with Gasteiger partial charge in [0, 0.05) is 36.8 Å². The highest BCUT2D eigenvalue weighted by atomic mass is 35.5. The highest BCUT2D eigenvalue weighted by Crippen LogP contribution is 2.40. The summed E-state index contributed by atoms with van der Waals surface area (Å²) >= 11 is 7.43. The molecule has 1 saturated heterocycles. The number of ether oxygens (including phenoxy) is 3. The van der Waals surface area contributed by atoms with Crippen LogP contribution in [0.4, 0.5) is 5.13 Å². The number of halogens is 1. The molecule has 0 radical (unpaired) electrons. The van der Waals surface area contributed by atoms with Crippen LogP contribution in [0.25, 0.3) is 10.2 Å². The number of hydrogen-bond acceptors (Lipinski definition) is 7. The van der Waals surface area contributed by atoms with E-state index in [0.717, 1.165) is 24.3 Å². The number of morpholine rings is 1. The van der Waals surface area contributed by atoms with Crippen LogP contribution < -0.4 is 14.4 Å². The Labute approximate surface area is 190 Å². The van der Waals surface area contributed by atoms with Gasteiger partial charge < -0.3 is 14.2 Å². The average molecular weight is 462 g/mol. The Morgan fingerprint density at radius 2 is 1.81 bits per heavy atom. The third-order valence-corrected chi connectivity index (χ3v) is 6.55. The maximum absolute atomic E-state index is 13.5. The number of carbonyl (C=O) groups is 1. The third-order valence-electron chi connectivity index (χ3n) is 5.21.